The first kappa shape index (κ1) is 71.8. The first-order valence-corrected chi connectivity index (χ1v) is 31.5. The van der Waals surface area contributed by atoms with Gasteiger partial charge in [-0.05, 0) is 128 Å². The van der Waals surface area contributed by atoms with Crippen molar-refractivity contribution in [3.63, 3.8) is 0 Å². The molecule has 0 aromatic carbocycles. The zero-order valence-electron chi connectivity index (χ0n) is 49.5. The molecule has 0 aliphatic heterocycles. The quantitative estimate of drug-likeness (QED) is 0.0261. The van der Waals surface area contributed by atoms with Crippen LogP contribution in [-0.2, 0) is 28.6 Å². The van der Waals surface area contributed by atoms with E-state index in [9.17, 15) is 14.4 Å². The molecule has 0 spiro atoms. The van der Waals surface area contributed by atoms with E-state index in [2.05, 4.69) is 142 Å². The first-order valence-electron chi connectivity index (χ1n) is 31.5. The van der Waals surface area contributed by atoms with Crippen LogP contribution in [0.5, 0.6) is 0 Å². The summed E-state index contributed by atoms with van der Waals surface area (Å²) in [7, 11) is 0. The molecule has 0 amide bonds. The number of allylic oxidation sites excluding steroid dienone is 20. The third-order valence-corrected chi connectivity index (χ3v) is 13.2. The Hall–Kier alpha value is -4.19. The van der Waals surface area contributed by atoms with E-state index in [1.807, 2.05) is 0 Å². The summed E-state index contributed by atoms with van der Waals surface area (Å²) < 4.78 is 16.9. The second-order valence-corrected chi connectivity index (χ2v) is 20.5. The van der Waals surface area contributed by atoms with Crippen molar-refractivity contribution in [3.8, 4) is 0 Å². The molecule has 0 aromatic rings. The number of carbonyl (C=O) groups excluding carboxylic acids is 3. The van der Waals surface area contributed by atoms with Crippen LogP contribution in [0.25, 0.3) is 0 Å². The van der Waals surface area contributed by atoms with Crippen LogP contribution in [0.4, 0.5) is 0 Å². The lowest BCUT2D eigenvalue weighted by Crippen LogP contribution is -2.30. The molecule has 0 saturated carbocycles. The number of hydrogen-bond acceptors (Lipinski definition) is 6. The van der Waals surface area contributed by atoms with Gasteiger partial charge in [0, 0.05) is 19.3 Å². The summed E-state index contributed by atoms with van der Waals surface area (Å²) in [5.74, 6) is -0.932. The first-order chi connectivity index (χ1) is 37.5. The highest BCUT2D eigenvalue weighted by molar-refractivity contribution is 5.71. The van der Waals surface area contributed by atoms with Gasteiger partial charge in [0.15, 0.2) is 6.10 Å². The molecule has 1 unspecified atom stereocenters. The van der Waals surface area contributed by atoms with E-state index >= 15 is 0 Å². The molecule has 0 N–H and O–H groups in total. The lowest BCUT2D eigenvalue weighted by atomic mass is 10.0. The summed E-state index contributed by atoms with van der Waals surface area (Å²) in [6, 6.07) is 0. The molecule has 76 heavy (non-hydrogen) atoms. The SMILES string of the molecule is CC/C=C\C/C=C\C/C=C\C/C=C\C/C=C\CCCCCCCCCCCCCC(=O)OCC(COC(=O)CCCCC/C=C\C/C=C\C/C=C\CC)OC(=O)CCCCCCCCC/C=C\C/C=C\CCCCCC. The summed E-state index contributed by atoms with van der Waals surface area (Å²) in [4.78, 5) is 38.3. The molecule has 0 rings (SSSR count). The van der Waals surface area contributed by atoms with Gasteiger partial charge < -0.3 is 14.2 Å². The average molecular weight is 1050 g/mol. The van der Waals surface area contributed by atoms with Gasteiger partial charge >= 0.3 is 17.9 Å². The van der Waals surface area contributed by atoms with Crippen LogP contribution in [0.3, 0.4) is 0 Å². The van der Waals surface area contributed by atoms with Gasteiger partial charge in [0.25, 0.3) is 0 Å². The topological polar surface area (TPSA) is 78.9 Å². The molecule has 0 heterocycles. The Morgan fingerprint density at radius 3 is 0.816 bits per heavy atom. The fourth-order valence-corrected chi connectivity index (χ4v) is 8.51. The predicted molar refractivity (Wildman–Crippen MR) is 330 cm³/mol. The second-order valence-electron chi connectivity index (χ2n) is 20.5. The Morgan fingerprint density at radius 2 is 0.513 bits per heavy atom. The molecular formula is C70H116O6. The van der Waals surface area contributed by atoms with Gasteiger partial charge in [-0.1, -0.05) is 258 Å². The standard InChI is InChI=1S/C70H116O6/c1-4-7-10-13-16-19-22-25-27-29-31-32-33-34-35-36-37-38-39-41-42-45-48-51-54-57-60-63-69(72)75-66-67(65-74-68(71)62-59-56-53-50-47-44-24-21-18-15-12-9-6-3)76-70(73)64-61-58-55-52-49-46-43-40-30-28-26-23-20-17-14-11-8-5-2/h7,9-10,12,16,18-21,23,25,27-28,30-32,34-35,44,47,67H,4-6,8,11,13-15,17,22,24,26,29,33,36-43,45-46,48-66H2,1-3H3/b10-7-,12-9-,19-16-,21-18-,23-20-,27-25-,30-28-,32-31-,35-34-,47-44-. The van der Waals surface area contributed by atoms with Crippen LogP contribution < -0.4 is 0 Å². The molecule has 0 aliphatic carbocycles. The normalized spacial score (nSPS) is 12.9. The highest BCUT2D eigenvalue weighted by Crippen LogP contribution is 2.15. The molecular weight excluding hydrogens is 937 g/mol. The summed E-state index contributed by atoms with van der Waals surface area (Å²) in [6.07, 6.45) is 87.7. The maximum atomic E-state index is 12.9. The van der Waals surface area contributed by atoms with Crippen LogP contribution in [-0.4, -0.2) is 37.2 Å². The van der Waals surface area contributed by atoms with Gasteiger partial charge in [0.05, 0.1) is 0 Å². The summed E-state index contributed by atoms with van der Waals surface area (Å²) >= 11 is 0. The van der Waals surface area contributed by atoms with Crippen molar-refractivity contribution in [2.24, 2.45) is 0 Å². The zero-order chi connectivity index (χ0) is 55.0. The van der Waals surface area contributed by atoms with E-state index in [4.69, 9.17) is 14.2 Å². The van der Waals surface area contributed by atoms with Crippen LogP contribution in [0, 0.1) is 0 Å². The lowest BCUT2D eigenvalue weighted by Gasteiger charge is -2.18. The van der Waals surface area contributed by atoms with Crippen molar-refractivity contribution in [2.45, 2.75) is 290 Å². The molecule has 0 aromatic heterocycles. The number of ether oxygens (including phenoxy) is 3. The highest BCUT2D eigenvalue weighted by atomic mass is 16.6. The molecule has 6 nitrogen and oxygen atoms in total. The third-order valence-electron chi connectivity index (χ3n) is 13.2. The third kappa shape index (κ3) is 60.7. The maximum Gasteiger partial charge on any atom is 0.306 e. The summed E-state index contributed by atoms with van der Waals surface area (Å²) in [5.41, 5.74) is 0. The Bertz CT molecular complexity index is 1590. The van der Waals surface area contributed by atoms with Crippen LogP contribution in [0.2, 0.25) is 0 Å². The Balaban J connectivity index is 4.34. The molecule has 432 valence electrons. The van der Waals surface area contributed by atoms with Crippen LogP contribution in [0.1, 0.15) is 284 Å². The van der Waals surface area contributed by atoms with Crippen molar-refractivity contribution >= 4 is 17.9 Å². The molecule has 0 aliphatic rings. The fourth-order valence-electron chi connectivity index (χ4n) is 8.51. The molecule has 1 atom stereocenters. The van der Waals surface area contributed by atoms with E-state index in [1.165, 1.54) is 116 Å². The maximum absolute atomic E-state index is 12.9. The minimum Gasteiger partial charge on any atom is -0.462 e. The van der Waals surface area contributed by atoms with E-state index in [1.54, 1.807) is 0 Å². The average Bonchev–Trinajstić information content (AvgIpc) is 3.42. The van der Waals surface area contributed by atoms with Crippen molar-refractivity contribution in [3.05, 3.63) is 122 Å². The highest BCUT2D eigenvalue weighted by Gasteiger charge is 2.19. The number of rotatable bonds is 56. The minimum atomic E-state index is -0.799. The second kappa shape index (κ2) is 63.3. The van der Waals surface area contributed by atoms with Gasteiger partial charge in [0.1, 0.15) is 13.2 Å². The largest absolute Gasteiger partial charge is 0.462 e. The Morgan fingerprint density at radius 1 is 0.276 bits per heavy atom. The van der Waals surface area contributed by atoms with E-state index < -0.39 is 6.10 Å². The summed E-state index contributed by atoms with van der Waals surface area (Å²) in [5, 5.41) is 0. The van der Waals surface area contributed by atoms with E-state index in [0.29, 0.717) is 19.3 Å². The minimum absolute atomic E-state index is 0.0940. The molecule has 0 fully saturated rings. The zero-order valence-corrected chi connectivity index (χ0v) is 49.5. The predicted octanol–water partition coefficient (Wildman–Crippen LogP) is 21.6. The number of unbranched alkanes of at least 4 members (excludes halogenated alkanes) is 25. The van der Waals surface area contributed by atoms with Crippen LogP contribution in [0.15, 0.2) is 122 Å². The van der Waals surface area contributed by atoms with Gasteiger partial charge in [-0.2, -0.15) is 0 Å². The van der Waals surface area contributed by atoms with Gasteiger partial charge in [-0.25, -0.2) is 0 Å². The fraction of sp³-hybridized carbons (Fsp3) is 0.671. The van der Waals surface area contributed by atoms with E-state index in [-0.39, 0.29) is 31.1 Å². The van der Waals surface area contributed by atoms with Crippen molar-refractivity contribution in [1.29, 1.82) is 0 Å². The lowest BCUT2D eigenvalue weighted by molar-refractivity contribution is -0.167. The number of esters is 3. The molecule has 0 saturated heterocycles. The monoisotopic (exact) mass is 1050 g/mol. The van der Waals surface area contributed by atoms with Gasteiger partial charge in [-0.15, -0.1) is 0 Å². The van der Waals surface area contributed by atoms with Gasteiger partial charge in [0.2, 0.25) is 0 Å². The Labute approximate surface area is 469 Å². The summed E-state index contributed by atoms with van der Waals surface area (Å²) in [6.45, 7) is 6.37. The smallest absolute Gasteiger partial charge is 0.306 e. The van der Waals surface area contributed by atoms with E-state index in [0.717, 1.165) is 128 Å². The molecule has 0 radical (unpaired) electrons. The van der Waals surface area contributed by atoms with Gasteiger partial charge in [-0.3, -0.25) is 14.4 Å². The Kier molecular flexibility index (Phi) is 59.9. The number of hydrogen-bond donors (Lipinski definition) is 0. The van der Waals surface area contributed by atoms with Crippen molar-refractivity contribution < 1.29 is 28.6 Å². The number of carbonyl (C=O) groups is 3. The molecule has 0 bridgehead atoms. The molecule has 6 heteroatoms. The van der Waals surface area contributed by atoms with Crippen LogP contribution >= 0.6 is 0 Å². The van der Waals surface area contributed by atoms with Crippen molar-refractivity contribution in [2.75, 3.05) is 13.2 Å². The van der Waals surface area contributed by atoms with Crippen molar-refractivity contribution in [1.82, 2.24) is 0 Å².